The maximum atomic E-state index is 13.4. The van der Waals surface area contributed by atoms with Gasteiger partial charge in [0.25, 0.3) is 5.91 Å². The molecule has 2 aromatic heterocycles. The van der Waals surface area contributed by atoms with E-state index in [2.05, 4.69) is 20.9 Å². The van der Waals surface area contributed by atoms with E-state index in [1.54, 1.807) is 24.3 Å². The number of anilines is 3. The van der Waals surface area contributed by atoms with Crippen LogP contribution in [0.3, 0.4) is 0 Å². The summed E-state index contributed by atoms with van der Waals surface area (Å²) >= 11 is 1.26. The van der Waals surface area contributed by atoms with Gasteiger partial charge in [0.1, 0.15) is 21.2 Å². The minimum Gasteiger partial charge on any atom is -0.457 e. The Morgan fingerprint density at radius 3 is 2.73 bits per heavy atom. The lowest BCUT2D eigenvalue weighted by molar-refractivity contribution is 0.0783. The number of carbonyl (C=O) groups excluding carboxylic acids is 2. The van der Waals surface area contributed by atoms with Crippen LogP contribution >= 0.6 is 11.3 Å². The first-order valence-corrected chi connectivity index (χ1v) is 12.8. The third-order valence-corrected chi connectivity index (χ3v) is 7.71. The topological polar surface area (TPSA) is 105 Å². The molecule has 2 atom stereocenters. The van der Waals surface area contributed by atoms with E-state index in [1.165, 1.54) is 11.3 Å². The van der Waals surface area contributed by atoms with Gasteiger partial charge in [0.2, 0.25) is 0 Å². The highest BCUT2D eigenvalue weighted by atomic mass is 32.1. The van der Waals surface area contributed by atoms with Gasteiger partial charge in [-0.25, -0.2) is 9.78 Å². The number of amides is 3. The van der Waals surface area contributed by atoms with E-state index in [9.17, 15) is 9.59 Å². The largest absolute Gasteiger partial charge is 0.457 e. The summed E-state index contributed by atoms with van der Waals surface area (Å²) in [7, 11) is 1.63. The van der Waals surface area contributed by atoms with E-state index >= 15 is 0 Å². The van der Waals surface area contributed by atoms with Gasteiger partial charge in [0, 0.05) is 26.4 Å². The normalized spacial score (nSPS) is 18.6. The van der Waals surface area contributed by atoms with Crippen molar-refractivity contribution in [3.05, 3.63) is 71.2 Å². The fourth-order valence-electron chi connectivity index (χ4n) is 4.83. The summed E-state index contributed by atoms with van der Waals surface area (Å²) in [6.45, 7) is 3.23. The number of methoxy groups -OCH3 is 1. The molecule has 188 valence electrons. The van der Waals surface area contributed by atoms with Gasteiger partial charge in [-0.2, -0.15) is 0 Å². The van der Waals surface area contributed by atoms with Crippen LogP contribution in [0.5, 0.6) is 11.5 Å². The zero-order chi connectivity index (χ0) is 25.5. The van der Waals surface area contributed by atoms with Crippen molar-refractivity contribution in [1.29, 1.82) is 0 Å². The van der Waals surface area contributed by atoms with Gasteiger partial charge >= 0.3 is 6.03 Å². The first kappa shape index (κ1) is 23.4. The number of hydrogen-bond donors (Lipinski definition) is 3. The molecule has 6 rings (SSSR count). The van der Waals surface area contributed by atoms with E-state index in [-0.39, 0.29) is 24.1 Å². The van der Waals surface area contributed by atoms with E-state index in [0.717, 1.165) is 16.7 Å². The SMILES string of the molecule is CO[C@@H]1CNC[C@@H]1NC(=O)c1sc2nccc3c2c1NC(=O)N3c1ccc(Oc2ccccc2)cc1C. The fraction of sp³-hybridized carbons (Fsp3) is 0.222. The van der Waals surface area contributed by atoms with Crippen LogP contribution in [0.25, 0.3) is 10.2 Å². The lowest BCUT2D eigenvalue weighted by Crippen LogP contribution is -2.43. The number of carbonyl (C=O) groups is 2. The van der Waals surface area contributed by atoms with Crippen LogP contribution in [0.15, 0.2) is 60.8 Å². The average Bonchev–Trinajstić information content (AvgIpc) is 3.50. The van der Waals surface area contributed by atoms with Crippen LogP contribution in [0.1, 0.15) is 15.2 Å². The van der Waals surface area contributed by atoms with Crippen LogP contribution in [0, 0.1) is 6.92 Å². The lowest BCUT2D eigenvalue weighted by Gasteiger charge is -2.29. The molecular formula is C27H25N5O4S. The smallest absolute Gasteiger partial charge is 0.331 e. The summed E-state index contributed by atoms with van der Waals surface area (Å²) in [5.74, 6) is 1.16. The second kappa shape index (κ2) is 9.47. The van der Waals surface area contributed by atoms with Gasteiger partial charge in [-0.1, -0.05) is 18.2 Å². The molecule has 3 N–H and O–H groups in total. The number of urea groups is 1. The molecule has 1 fully saturated rings. The predicted molar refractivity (Wildman–Crippen MR) is 143 cm³/mol. The quantitative estimate of drug-likeness (QED) is 0.341. The molecule has 0 radical (unpaired) electrons. The van der Waals surface area contributed by atoms with Crippen molar-refractivity contribution < 1.29 is 19.1 Å². The van der Waals surface area contributed by atoms with E-state index in [0.29, 0.717) is 45.6 Å². The molecule has 0 saturated carbocycles. The number of benzene rings is 2. The first-order valence-electron chi connectivity index (χ1n) is 11.9. The molecular weight excluding hydrogens is 490 g/mol. The summed E-state index contributed by atoms with van der Waals surface area (Å²) in [6.07, 6.45) is 1.56. The van der Waals surface area contributed by atoms with Gasteiger partial charge < -0.3 is 25.4 Å². The number of rotatable bonds is 6. The maximum Gasteiger partial charge on any atom is 0.331 e. The summed E-state index contributed by atoms with van der Waals surface area (Å²) in [6, 6.07) is 16.4. The predicted octanol–water partition coefficient (Wildman–Crippen LogP) is 4.80. The molecule has 3 amide bonds. The molecule has 4 heterocycles. The summed E-state index contributed by atoms with van der Waals surface area (Å²) in [5.41, 5.74) is 2.75. The van der Waals surface area contributed by atoms with Crippen LogP contribution < -0.4 is 25.6 Å². The minimum absolute atomic E-state index is 0.106. The lowest BCUT2D eigenvalue weighted by atomic mass is 10.1. The van der Waals surface area contributed by atoms with Crippen molar-refractivity contribution >= 4 is 50.6 Å². The summed E-state index contributed by atoms with van der Waals surface area (Å²) in [5, 5.41) is 9.97. The molecule has 0 unspecified atom stereocenters. The molecule has 37 heavy (non-hydrogen) atoms. The summed E-state index contributed by atoms with van der Waals surface area (Å²) < 4.78 is 11.4. The molecule has 0 aliphatic carbocycles. The standard InChI is InChI=1S/C27H25N5O4S/c1-15-12-17(36-16-6-4-3-5-7-16)8-9-19(15)32-20-10-11-29-26-22(20)23(31-27(32)34)24(37-26)25(33)30-18-13-28-14-21(18)35-2/h3-12,18,21,28H,13-14H2,1-2H3,(H,30,33)(H,31,34)/t18-,21+/m0/s1. The van der Waals surface area contributed by atoms with Crippen molar-refractivity contribution in [1.82, 2.24) is 15.6 Å². The zero-order valence-electron chi connectivity index (χ0n) is 20.3. The molecule has 1 saturated heterocycles. The maximum absolute atomic E-state index is 13.4. The van der Waals surface area contributed by atoms with Crippen LogP contribution in [0.4, 0.5) is 21.9 Å². The number of aryl methyl sites for hydroxylation is 1. The zero-order valence-corrected chi connectivity index (χ0v) is 21.1. The number of para-hydroxylation sites is 1. The first-order chi connectivity index (χ1) is 18.0. The molecule has 2 aromatic carbocycles. The molecule has 9 nitrogen and oxygen atoms in total. The second-order valence-electron chi connectivity index (χ2n) is 8.96. The van der Waals surface area contributed by atoms with Crippen LogP contribution in [0.2, 0.25) is 0 Å². The third kappa shape index (κ3) is 4.18. The average molecular weight is 516 g/mol. The molecule has 4 aromatic rings. The number of pyridine rings is 1. The number of thiophene rings is 1. The van der Waals surface area contributed by atoms with Gasteiger partial charge in [0.15, 0.2) is 0 Å². The Balaban J connectivity index is 1.34. The van der Waals surface area contributed by atoms with Gasteiger partial charge in [-0.05, 0) is 48.9 Å². The van der Waals surface area contributed by atoms with Crippen molar-refractivity contribution in [2.75, 3.05) is 30.4 Å². The highest BCUT2D eigenvalue weighted by Crippen LogP contribution is 2.46. The number of nitrogens with one attached hydrogen (secondary N) is 3. The number of nitrogens with zero attached hydrogens (tertiary/aromatic N) is 2. The van der Waals surface area contributed by atoms with Crippen molar-refractivity contribution in [2.45, 2.75) is 19.1 Å². The Morgan fingerprint density at radius 1 is 1.11 bits per heavy atom. The van der Waals surface area contributed by atoms with Crippen molar-refractivity contribution in [3.63, 3.8) is 0 Å². The van der Waals surface area contributed by atoms with Crippen LogP contribution in [-0.2, 0) is 4.74 Å². The van der Waals surface area contributed by atoms with Gasteiger partial charge in [-0.3, -0.25) is 9.69 Å². The number of aromatic nitrogens is 1. The summed E-state index contributed by atoms with van der Waals surface area (Å²) in [4.78, 5) is 33.9. The Morgan fingerprint density at radius 2 is 1.95 bits per heavy atom. The van der Waals surface area contributed by atoms with Crippen molar-refractivity contribution in [2.24, 2.45) is 0 Å². The van der Waals surface area contributed by atoms with E-state index in [4.69, 9.17) is 9.47 Å². The molecule has 2 aliphatic rings. The van der Waals surface area contributed by atoms with Gasteiger partial charge in [-0.15, -0.1) is 11.3 Å². The molecule has 0 spiro atoms. The number of hydrogen-bond acceptors (Lipinski definition) is 7. The highest BCUT2D eigenvalue weighted by molar-refractivity contribution is 7.21. The van der Waals surface area contributed by atoms with E-state index in [1.807, 2.05) is 55.5 Å². The Labute approximate surface area is 217 Å². The third-order valence-electron chi connectivity index (χ3n) is 6.62. The van der Waals surface area contributed by atoms with Crippen LogP contribution in [-0.4, -0.2) is 49.3 Å². The molecule has 10 heteroatoms. The molecule has 2 aliphatic heterocycles. The monoisotopic (exact) mass is 515 g/mol. The Bertz CT molecular complexity index is 1510. The van der Waals surface area contributed by atoms with Gasteiger partial charge in [0.05, 0.1) is 34.6 Å². The van der Waals surface area contributed by atoms with E-state index < -0.39 is 0 Å². The highest BCUT2D eigenvalue weighted by Gasteiger charge is 2.35. The Hall–Kier alpha value is -3.99. The Kier molecular flexibility index (Phi) is 5.99. The fourth-order valence-corrected chi connectivity index (χ4v) is 5.85. The molecule has 0 bridgehead atoms. The minimum atomic E-state index is -0.343. The number of ether oxygens (including phenoxy) is 2. The second-order valence-corrected chi connectivity index (χ2v) is 9.96. The van der Waals surface area contributed by atoms with Crippen molar-refractivity contribution in [3.8, 4) is 11.5 Å².